The normalized spacial score (nSPS) is 42.6. The Morgan fingerprint density at radius 2 is 1.94 bits per heavy atom. The molecule has 4 aliphatic carbocycles. The first-order valence-electron chi connectivity index (χ1n) is 13.6. The molecule has 2 N–H and O–H groups in total. The zero-order valence-corrected chi connectivity index (χ0v) is 21.9. The van der Waals surface area contributed by atoms with E-state index in [4.69, 9.17) is 4.74 Å². The summed E-state index contributed by atoms with van der Waals surface area (Å²) in [6, 6.07) is 0. The molecule has 194 valence electrons. The van der Waals surface area contributed by atoms with Crippen molar-refractivity contribution in [3.8, 4) is 0 Å². The van der Waals surface area contributed by atoms with E-state index in [0.717, 1.165) is 51.6 Å². The molecule has 0 aromatic carbocycles. The Hall–Kier alpha value is -1.73. The first-order valence-corrected chi connectivity index (χ1v) is 13.6. The van der Waals surface area contributed by atoms with Gasteiger partial charge in [0, 0.05) is 26.1 Å². The monoisotopic (exact) mass is 485 g/mol. The van der Waals surface area contributed by atoms with Gasteiger partial charge in [0.2, 0.25) is 5.91 Å². The zero-order chi connectivity index (χ0) is 25.0. The van der Waals surface area contributed by atoms with Gasteiger partial charge in [-0.05, 0) is 99.2 Å². The summed E-state index contributed by atoms with van der Waals surface area (Å²) in [5.41, 5.74) is 0.314. The van der Waals surface area contributed by atoms with Crippen molar-refractivity contribution in [3.05, 3.63) is 12.4 Å². The van der Waals surface area contributed by atoms with Gasteiger partial charge in [-0.25, -0.2) is 0 Å². The smallest absolute Gasteiger partial charge is 0.221 e. The van der Waals surface area contributed by atoms with E-state index in [9.17, 15) is 14.7 Å². The number of hydrogen-bond donors (Lipinski definition) is 2. The Balaban J connectivity index is 1.33. The molecular formula is C28H43N3O4. The molecule has 1 aromatic heterocycles. The lowest BCUT2D eigenvalue weighted by Crippen LogP contribution is -2.58. The highest BCUT2D eigenvalue weighted by atomic mass is 16.5. The lowest BCUT2D eigenvalue weighted by atomic mass is 9.43. The van der Waals surface area contributed by atoms with E-state index in [0.29, 0.717) is 29.4 Å². The van der Waals surface area contributed by atoms with Crippen molar-refractivity contribution >= 4 is 17.4 Å². The van der Waals surface area contributed by atoms with Gasteiger partial charge in [0.1, 0.15) is 0 Å². The minimum absolute atomic E-state index is 0.0487. The number of carbonyl (C=O) groups excluding carboxylic acids is 2. The number of Topliss-reactive ketones (excluding diaryl/α,β-unsaturated/α-hetero) is 1. The van der Waals surface area contributed by atoms with Crippen LogP contribution in [0.1, 0.15) is 78.6 Å². The van der Waals surface area contributed by atoms with Crippen molar-refractivity contribution in [2.24, 2.45) is 40.4 Å². The SMILES string of the molecule is COC[C@]12CC[C@@](C)(O)C[C@@H]1CC[C@H]1[C@@H]3CC[C@H](C(=O)Cn4cc(NC(C)=O)cn4)[C@@]3(C)CC[C@@H]12. The molecule has 7 heteroatoms. The number of aliphatic hydroxyl groups is 1. The first kappa shape index (κ1) is 24.9. The molecule has 0 radical (unpaired) electrons. The highest BCUT2D eigenvalue weighted by Gasteiger charge is 2.63. The van der Waals surface area contributed by atoms with Crippen LogP contribution in [-0.4, -0.2) is 45.9 Å². The summed E-state index contributed by atoms with van der Waals surface area (Å²) in [4.78, 5) is 24.9. The molecular weight excluding hydrogens is 442 g/mol. The Morgan fingerprint density at radius 1 is 1.14 bits per heavy atom. The zero-order valence-electron chi connectivity index (χ0n) is 21.9. The molecule has 1 aromatic rings. The Bertz CT molecular complexity index is 973. The number of amides is 1. The van der Waals surface area contributed by atoms with Crippen molar-refractivity contribution in [1.82, 2.24) is 9.78 Å². The fourth-order valence-corrected chi connectivity index (χ4v) is 9.30. The number of nitrogens with zero attached hydrogens (tertiary/aromatic N) is 2. The molecule has 1 amide bonds. The lowest BCUT2D eigenvalue weighted by molar-refractivity contribution is -0.175. The van der Waals surface area contributed by atoms with E-state index in [1.54, 1.807) is 17.1 Å². The predicted molar refractivity (Wildman–Crippen MR) is 134 cm³/mol. The molecule has 35 heavy (non-hydrogen) atoms. The molecule has 1 heterocycles. The van der Waals surface area contributed by atoms with Gasteiger partial charge in [-0.15, -0.1) is 0 Å². The second-order valence-electron chi connectivity index (χ2n) is 12.8. The fourth-order valence-electron chi connectivity index (χ4n) is 9.30. The van der Waals surface area contributed by atoms with Gasteiger partial charge in [0.15, 0.2) is 5.78 Å². The van der Waals surface area contributed by atoms with Crippen molar-refractivity contribution in [2.45, 2.75) is 90.7 Å². The summed E-state index contributed by atoms with van der Waals surface area (Å²) < 4.78 is 7.54. The number of nitrogens with one attached hydrogen (secondary N) is 1. The van der Waals surface area contributed by atoms with Gasteiger partial charge in [-0.3, -0.25) is 14.3 Å². The average molecular weight is 486 g/mol. The maximum absolute atomic E-state index is 13.5. The van der Waals surface area contributed by atoms with E-state index in [1.165, 1.54) is 19.8 Å². The van der Waals surface area contributed by atoms with Crippen LogP contribution in [0, 0.1) is 40.4 Å². The summed E-state index contributed by atoms with van der Waals surface area (Å²) in [6.45, 7) is 6.94. The van der Waals surface area contributed by atoms with Crippen molar-refractivity contribution < 1.29 is 19.4 Å². The number of methoxy groups -OCH3 is 1. The molecule has 4 saturated carbocycles. The molecule has 0 saturated heterocycles. The maximum atomic E-state index is 13.5. The number of ketones is 1. The standard InChI is InChI=1S/C28H43N3O4/c1-18(32)30-20-14-29-31(15-20)16-25(33)24-8-7-22-21-6-5-19-13-26(2,34)11-12-28(19,17-35-4)23(21)9-10-27(22,24)3/h14-15,19,21-24,34H,5-13,16-17H2,1-4H3,(H,30,32)/t19-,21-,22-,23-,24+,26+,27-,28+/m0/s1. The second kappa shape index (κ2) is 8.98. The largest absolute Gasteiger partial charge is 0.390 e. The third-order valence-electron chi connectivity index (χ3n) is 10.7. The Labute approximate surface area is 209 Å². The number of carbonyl (C=O) groups is 2. The quantitative estimate of drug-likeness (QED) is 0.621. The summed E-state index contributed by atoms with van der Waals surface area (Å²) in [5, 5.41) is 17.9. The number of fused-ring (bicyclic) bond motifs is 5. The molecule has 0 bridgehead atoms. The van der Waals surface area contributed by atoms with Crippen LogP contribution in [0.3, 0.4) is 0 Å². The summed E-state index contributed by atoms with van der Waals surface area (Å²) in [5.74, 6) is 2.62. The van der Waals surface area contributed by atoms with Crippen molar-refractivity contribution in [1.29, 1.82) is 0 Å². The van der Waals surface area contributed by atoms with Crippen LogP contribution in [0.25, 0.3) is 0 Å². The molecule has 8 atom stereocenters. The van der Waals surface area contributed by atoms with Crippen LogP contribution in [-0.2, 0) is 20.9 Å². The van der Waals surface area contributed by atoms with Gasteiger partial charge < -0.3 is 15.2 Å². The topological polar surface area (TPSA) is 93.5 Å². The van der Waals surface area contributed by atoms with Crippen LogP contribution in [0.4, 0.5) is 5.69 Å². The summed E-state index contributed by atoms with van der Waals surface area (Å²) in [7, 11) is 1.84. The lowest BCUT2D eigenvalue weighted by Gasteiger charge is -2.62. The van der Waals surface area contributed by atoms with Gasteiger partial charge >= 0.3 is 0 Å². The van der Waals surface area contributed by atoms with Crippen LogP contribution < -0.4 is 5.32 Å². The highest BCUT2D eigenvalue weighted by molar-refractivity contribution is 5.88. The highest BCUT2D eigenvalue weighted by Crippen LogP contribution is 2.68. The van der Waals surface area contributed by atoms with Crippen molar-refractivity contribution in [3.63, 3.8) is 0 Å². The number of rotatable bonds is 6. The number of aromatic nitrogens is 2. The minimum atomic E-state index is -0.547. The third kappa shape index (κ3) is 4.26. The van der Waals surface area contributed by atoms with Gasteiger partial charge in [-0.2, -0.15) is 5.10 Å². The second-order valence-corrected chi connectivity index (χ2v) is 12.8. The molecule has 0 spiro atoms. The molecule has 4 aliphatic rings. The van der Waals surface area contributed by atoms with Crippen LogP contribution >= 0.6 is 0 Å². The van der Waals surface area contributed by atoms with Gasteiger partial charge in [0.25, 0.3) is 0 Å². The van der Waals surface area contributed by atoms with Gasteiger partial charge in [0.05, 0.1) is 30.6 Å². The van der Waals surface area contributed by atoms with Gasteiger partial charge in [-0.1, -0.05) is 6.92 Å². The molecule has 0 unspecified atom stereocenters. The van der Waals surface area contributed by atoms with Crippen LogP contribution in [0.2, 0.25) is 0 Å². The maximum Gasteiger partial charge on any atom is 0.221 e. The number of ether oxygens (including phenoxy) is 1. The number of anilines is 1. The van der Waals surface area contributed by atoms with Crippen LogP contribution in [0.15, 0.2) is 12.4 Å². The Morgan fingerprint density at radius 3 is 2.69 bits per heavy atom. The molecule has 0 aliphatic heterocycles. The molecule has 7 nitrogen and oxygen atoms in total. The van der Waals surface area contributed by atoms with E-state index >= 15 is 0 Å². The Kier molecular flexibility index (Phi) is 6.40. The van der Waals surface area contributed by atoms with E-state index in [-0.39, 0.29) is 35.0 Å². The van der Waals surface area contributed by atoms with E-state index in [1.807, 2.05) is 14.0 Å². The molecule has 5 rings (SSSR count). The molecule has 4 fully saturated rings. The third-order valence-corrected chi connectivity index (χ3v) is 10.7. The van der Waals surface area contributed by atoms with Crippen molar-refractivity contribution in [2.75, 3.05) is 19.0 Å². The number of hydrogen-bond acceptors (Lipinski definition) is 5. The van der Waals surface area contributed by atoms with Crippen LogP contribution in [0.5, 0.6) is 0 Å². The van der Waals surface area contributed by atoms with E-state index < -0.39 is 5.60 Å². The van der Waals surface area contributed by atoms with E-state index in [2.05, 4.69) is 17.3 Å². The predicted octanol–water partition coefficient (Wildman–Crippen LogP) is 4.45. The fraction of sp³-hybridized carbons (Fsp3) is 0.821. The summed E-state index contributed by atoms with van der Waals surface area (Å²) >= 11 is 0. The first-order chi connectivity index (χ1) is 16.6. The minimum Gasteiger partial charge on any atom is -0.390 e. The summed E-state index contributed by atoms with van der Waals surface area (Å²) in [6.07, 6.45) is 12.9. The average Bonchev–Trinajstić information content (AvgIpc) is 3.36.